The molecule has 0 bridgehead atoms. The first-order chi connectivity index (χ1) is 13.5. The predicted octanol–water partition coefficient (Wildman–Crippen LogP) is 3.70. The number of hydrogen-bond acceptors (Lipinski definition) is 6. The number of aryl methyl sites for hydroxylation is 1. The summed E-state index contributed by atoms with van der Waals surface area (Å²) in [4.78, 5) is 29.2. The Hall–Kier alpha value is -3.26. The summed E-state index contributed by atoms with van der Waals surface area (Å²) in [5.41, 5.74) is 2.26. The quantitative estimate of drug-likeness (QED) is 0.557. The molecular formula is C20H18N4O3S. The molecule has 0 fully saturated rings. The van der Waals surface area contributed by atoms with Gasteiger partial charge in [0, 0.05) is 6.07 Å². The van der Waals surface area contributed by atoms with E-state index < -0.39 is 5.92 Å². The lowest BCUT2D eigenvalue weighted by Crippen LogP contribution is -2.30. The van der Waals surface area contributed by atoms with Crippen LogP contribution in [0.3, 0.4) is 0 Å². The maximum Gasteiger partial charge on any atom is 0.266 e. The van der Waals surface area contributed by atoms with Gasteiger partial charge in [0.05, 0.1) is 28.9 Å². The van der Waals surface area contributed by atoms with Gasteiger partial charge in [-0.1, -0.05) is 24.3 Å². The number of rotatable bonds is 5. The van der Waals surface area contributed by atoms with Gasteiger partial charge in [-0.25, -0.2) is 9.67 Å². The van der Waals surface area contributed by atoms with Gasteiger partial charge in [-0.15, -0.1) is 0 Å². The number of nitrogens with zero attached hydrogens (tertiary/aromatic N) is 3. The molecule has 0 aliphatic heterocycles. The van der Waals surface area contributed by atoms with E-state index in [1.165, 1.54) is 22.1 Å². The molecule has 3 aromatic heterocycles. The van der Waals surface area contributed by atoms with Gasteiger partial charge in [0.15, 0.2) is 10.9 Å². The minimum atomic E-state index is -0.467. The number of hydrogen-bond donors (Lipinski definition) is 1. The van der Waals surface area contributed by atoms with Crippen LogP contribution in [0.4, 0.5) is 5.13 Å². The maximum absolute atomic E-state index is 12.6. The third-order valence-electron chi connectivity index (χ3n) is 4.31. The minimum absolute atomic E-state index is 0.156. The second kappa shape index (κ2) is 7.40. The highest BCUT2D eigenvalue weighted by molar-refractivity contribution is 7.22. The fraction of sp³-hybridized carbons (Fsp3) is 0.200. The van der Waals surface area contributed by atoms with Crippen LogP contribution in [0.2, 0.25) is 0 Å². The number of carbonyl (C=O) groups is 1. The molecule has 0 saturated heterocycles. The standard InChI is InChI=1S/C20H18N4O3S/c1-12-5-6-15-17(10-12)28-20(21-15)22-19(26)13(2)11-24-18(25)8-7-14(23-24)16-4-3-9-27-16/h3-10,13H,11H2,1-2H3,(H,21,22,26)/t13-/m1/s1. The van der Waals surface area contributed by atoms with E-state index in [4.69, 9.17) is 4.42 Å². The van der Waals surface area contributed by atoms with Crippen LogP contribution in [0.25, 0.3) is 21.7 Å². The summed E-state index contributed by atoms with van der Waals surface area (Å²) in [7, 11) is 0. The molecule has 0 radical (unpaired) electrons. The Morgan fingerprint density at radius 3 is 2.93 bits per heavy atom. The first-order valence-electron chi connectivity index (χ1n) is 8.80. The van der Waals surface area contributed by atoms with Gasteiger partial charge in [0.25, 0.3) is 5.56 Å². The summed E-state index contributed by atoms with van der Waals surface area (Å²) >= 11 is 1.43. The predicted molar refractivity (Wildman–Crippen MR) is 108 cm³/mol. The van der Waals surface area contributed by atoms with E-state index in [9.17, 15) is 9.59 Å². The van der Waals surface area contributed by atoms with Crippen LogP contribution < -0.4 is 10.9 Å². The second-order valence-corrected chi connectivity index (χ2v) is 7.63. The van der Waals surface area contributed by atoms with Crippen molar-refractivity contribution in [3.05, 3.63) is 64.6 Å². The normalized spacial score (nSPS) is 12.2. The number of anilines is 1. The highest BCUT2D eigenvalue weighted by Crippen LogP contribution is 2.27. The van der Waals surface area contributed by atoms with Crippen molar-refractivity contribution < 1.29 is 9.21 Å². The number of carbonyl (C=O) groups excluding carboxylic acids is 1. The molecule has 4 rings (SSSR count). The Kier molecular flexibility index (Phi) is 4.79. The molecule has 1 aromatic carbocycles. The molecule has 7 nitrogen and oxygen atoms in total. The van der Waals surface area contributed by atoms with E-state index in [2.05, 4.69) is 15.4 Å². The molecule has 28 heavy (non-hydrogen) atoms. The Bertz CT molecular complexity index is 1190. The maximum atomic E-state index is 12.6. The van der Waals surface area contributed by atoms with E-state index in [1.54, 1.807) is 31.4 Å². The van der Waals surface area contributed by atoms with Crippen molar-refractivity contribution in [2.45, 2.75) is 20.4 Å². The van der Waals surface area contributed by atoms with Crippen LogP contribution in [0.15, 0.2) is 57.9 Å². The van der Waals surface area contributed by atoms with Crippen LogP contribution in [-0.2, 0) is 11.3 Å². The summed E-state index contributed by atoms with van der Waals surface area (Å²) < 4.78 is 7.62. The lowest BCUT2D eigenvalue weighted by Gasteiger charge is -2.12. The van der Waals surface area contributed by atoms with E-state index in [1.807, 2.05) is 25.1 Å². The number of furan rings is 1. The topological polar surface area (TPSA) is 90.0 Å². The van der Waals surface area contributed by atoms with Crippen LogP contribution >= 0.6 is 11.3 Å². The molecule has 4 aromatic rings. The van der Waals surface area contributed by atoms with Gasteiger partial charge >= 0.3 is 0 Å². The summed E-state index contributed by atoms with van der Waals surface area (Å²) in [5, 5.41) is 7.69. The molecule has 142 valence electrons. The zero-order valence-corrected chi connectivity index (χ0v) is 16.2. The fourth-order valence-corrected chi connectivity index (χ4v) is 3.76. The van der Waals surface area contributed by atoms with Crippen LogP contribution in [0, 0.1) is 12.8 Å². The Morgan fingerprint density at radius 2 is 2.14 bits per heavy atom. The smallest absolute Gasteiger partial charge is 0.266 e. The lowest BCUT2D eigenvalue weighted by atomic mass is 10.1. The van der Waals surface area contributed by atoms with E-state index in [-0.39, 0.29) is 18.0 Å². The number of benzene rings is 1. The van der Waals surface area contributed by atoms with Crippen molar-refractivity contribution in [3.8, 4) is 11.5 Å². The molecule has 1 atom stereocenters. The first-order valence-corrected chi connectivity index (χ1v) is 9.61. The number of nitrogens with one attached hydrogen (secondary N) is 1. The summed E-state index contributed by atoms with van der Waals surface area (Å²) in [6.07, 6.45) is 1.54. The van der Waals surface area contributed by atoms with Gasteiger partial charge < -0.3 is 9.73 Å². The molecule has 0 aliphatic rings. The molecule has 0 unspecified atom stereocenters. The van der Waals surface area contributed by atoms with Crippen molar-refractivity contribution in [1.82, 2.24) is 14.8 Å². The molecular weight excluding hydrogens is 376 g/mol. The summed E-state index contributed by atoms with van der Waals surface area (Å²) in [5.74, 6) is -0.116. The molecule has 0 aliphatic carbocycles. The average molecular weight is 394 g/mol. The van der Waals surface area contributed by atoms with Gasteiger partial charge in [-0.3, -0.25) is 9.59 Å². The number of fused-ring (bicyclic) bond motifs is 1. The monoisotopic (exact) mass is 394 g/mol. The van der Waals surface area contributed by atoms with Gasteiger partial charge in [0.2, 0.25) is 5.91 Å². The highest BCUT2D eigenvalue weighted by Gasteiger charge is 2.17. The Labute approximate surface area is 164 Å². The molecule has 8 heteroatoms. The molecule has 3 heterocycles. The highest BCUT2D eigenvalue weighted by atomic mass is 32.1. The Balaban J connectivity index is 1.49. The van der Waals surface area contributed by atoms with Crippen molar-refractivity contribution in [1.29, 1.82) is 0 Å². The first kappa shape index (κ1) is 18.1. The van der Waals surface area contributed by atoms with E-state index in [0.717, 1.165) is 15.8 Å². The number of aromatic nitrogens is 3. The Morgan fingerprint density at radius 1 is 1.29 bits per heavy atom. The lowest BCUT2D eigenvalue weighted by molar-refractivity contribution is -0.119. The second-order valence-electron chi connectivity index (χ2n) is 6.60. The molecule has 1 N–H and O–H groups in total. The minimum Gasteiger partial charge on any atom is -0.463 e. The van der Waals surface area contributed by atoms with Crippen LogP contribution in [0.5, 0.6) is 0 Å². The summed E-state index contributed by atoms with van der Waals surface area (Å²) in [6.45, 7) is 3.92. The van der Waals surface area contributed by atoms with Gasteiger partial charge in [-0.2, -0.15) is 5.10 Å². The van der Waals surface area contributed by atoms with E-state index >= 15 is 0 Å². The zero-order valence-electron chi connectivity index (χ0n) is 15.4. The van der Waals surface area contributed by atoms with Gasteiger partial charge in [0.1, 0.15) is 5.69 Å². The van der Waals surface area contributed by atoms with Crippen molar-refractivity contribution >= 4 is 32.6 Å². The van der Waals surface area contributed by atoms with Crippen LogP contribution in [0.1, 0.15) is 12.5 Å². The molecule has 0 spiro atoms. The number of amides is 1. The zero-order chi connectivity index (χ0) is 19.7. The molecule has 1 amide bonds. The van der Waals surface area contributed by atoms with Crippen molar-refractivity contribution in [2.24, 2.45) is 5.92 Å². The average Bonchev–Trinajstić information content (AvgIpc) is 3.32. The third kappa shape index (κ3) is 3.72. The third-order valence-corrected chi connectivity index (χ3v) is 5.24. The van der Waals surface area contributed by atoms with Crippen molar-refractivity contribution in [2.75, 3.05) is 5.32 Å². The van der Waals surface area contributed by atoms with Gasteiger partial charge in [-0.05, 0) is 42.8 Å². The largest absolute Gasteiger partial charge is 0.463 e. The fourth-order valence-electron chi connectivity index (χ4n) is 2.79. The summed E-state index contributed by atoms with van der Waals surface area (Å²) in [6, 6.07) is 12.5. The van der Waals surface area contributed by atoms with Crippen LogP contribution in [-0.4, -0.2) is 20.7 Å². The van der Waals surface area contributed by atoms with E-state index in [0.29, 0.717) is 16.6 Å². The molecule has 0 saturated carbocycles. The SMILES string of the molecule is Cc1ccc2nc(NC(=O)[C@H](C)Cn3nc(-c4ccco4)ccc3=O)sc2c1. The number of thiazole rings is 1. The van der Waals surface area contributed by atoms with Crippen molar-refractivity contribution in [3.63, 3.8) is 0 Å².